The molecular formula is C22H20FN5O3. The first-order valence-electron chi connectivity index (χ1n) is 9.80. The van der Waals surface area contributed by atoms with Crippen LogP contribution in [0.3, 0.4) is 0 Å². The van der Waals surface area contributed by atoms with Crippen molar-refractivity contribution in [3.63, 3.8) is 0 Å². The minimum absolute atomic E-state index is 0.0886. The zero-order valence-electron chi connectivity index (χ0n) is 17.1. The fourth-order valence-electron chi connectivity index (χ4n) is 3.77. The monoisotopic (exact) mass is 421 g/mol. The van der Waals surface area contributed by atoms with E-state index in [1.54, 1.807) is 24.5 Å². The Hall–Kier alpha value is -3.93. The molecule has 1 amide bonds. The lowest BCUT2D eigenvalue weighted by molar-refractivity contribution is 0.0683. The highest BCUT2D eigenvalue weighted by molar-refractivity contribution is 6.05. The summed E-state index contributed by atoms with van der Waals surface area (Å²) in [5.41, 5.74) is 1.75. The highest BCUT2D eigenvalue weighted by Crippen LogP contribution is 2.36. The molecule has 0 saturated heterocycles. The van der Waals surface area contributed by atoms with E-state index in [1.165, 1.54) is 46.4 Å². The predicted octanol–water partition coefficient (Wildman–Crippen LogP) is 3.41. The summed E-state index contributed by atoms with van der Waals surface area (Å²) >= 11 is 0. The number of aromatic nitrogens is 3. The Labute approximate surface area is 178 Å². The van der Waals surface area contributed by atoms with Gasteiger partial charge in [-0.05, 0) is 31.5 Å². The Morgan fingerprint density at radius 1 is 1.29 bits per heavy atom. The van der Waals surface area contributed by atoms with Crippen LogP contribution in [-0.2, 0) is 17.8 Å². The third-order valence-corrected chi connectivity index (χ3v) is 5.07. The van der Waals surface area contributed by atoms with E-state index in [-0.39, 0.29) is 23.9 Å². The van der Waals surface area contributed by atoms with Crippen LogP contribution >= 0.6 is 0 Å². The van der Waals surface area contributed by atoms with E-state index in [0.29, 0.717) is 29.9 Å². The van der Waals surface area contributed by atoms with Crippen molar-refractivity contribution < 1.29 is 18.7 Å². The fraction of sp³-hybridized carbons (Fsp3) is 0.273. The average molecular weight is 421 g/mol. The normalized spacial score (nSPS) is 13.1. The van der Waals surface area contributed by atoms with E-state index >= 15 is 0 Å². The van der Waals surface area contributed by atoms with Crippen LogP contribution in [0.1, 0.15) is 35.6 Å². The number of rotatable bonds is 3. The second-order valence-corrected chi connectivity index (χ2v) is 7.45. The van der Waals surface area contributed by atoms with Crippen molar-refractivity contribution in [3.05, 3.63) is 65.8 Å². The molecule has 31 heavy (non-hydrogen) atoms. The molecule has 0 unspecified atom stereocenters. The number of ether oxygens (including phenoxy) is 1. The molecule has 0 aliphatic carbocycles. The van der Waals surface area contributed by atoms with Gasteiger partial charge in [0.25, 0.3) is 5.91 Å². The molecule has 0 fully saturated rings. The van der Waals surface area contributed by atoms with Crippen LogP contribution in [-0.4, -0.2) is 43.7 Å². The molecule has 1 aliphatic rings. The van der Waals surface area contributed by atoms with Crippen LogP contribution in [0.4, 0.5) is 9.18 Å². The number of imidazole rings is 1. The lowest BCUT2D eigenvalue weighted by Crippen LogP contribution is -2.40. The average Bonchev–Trinajstić information content (AvgIpc) is 3.38. The summed E-state index contributed by atoms with van der Waals surface area (Å²) in [4.78, 5) is 31.3. The van der Waals surface area contributed by atoms with E-state index in [1.807, 2.05) is 0 Å². The Bertz CT molecular complexity index is 1190. The SMILES string of the molecule is CC(C)OC(=O)N1CCn2c(C#N)c(-c3cccc(F)c3)c(C(=O)n3ccnc3)c2C1. The van der Waals surface area contributed by atoms with Crippen LogP contribution in [0.25, 0.3) is 11.1 Å². The maximum atomic E-state index is 14.0. The van der Waals surface area contributed by atoms with Gasteiger partial charge in [0.15, 0.2) is 0 Å². The van der Waals surface area contributed by atoms with Gasteiger partial charge in [-0.25, -0.2) is 14.2 Å². The van der Waals surface area contributed by atoms with Crippen LogP contribution in [0.2, 0.25) is 0 Å². The molecule has 1 aliphatic heterocycles. The lowest BCUT2D eigenvalue weighted by Gasteiger charge is -2.29. The van der Waals surface area contributed by atoms with Gasteiger partial charge in [0.2, 0.25) is 0 Å². The van der Waals surface area contributed by atoms with Crippen molar-refractivity contribution in [3.8, 4) is 17.2 Å². The molecule has 2 aromatic heterocycles. The molecule has 3 aromatic rings. The Balaban J connectivity index is 1.91. The van der Waals surface area contributed by atoms with E-state index in [2.05, 4.69) is 11.1 Å². The third kappa shape index (κ3) is 3.68. The highest BCUT2D eigenvalue weighted by atomic mass is 19.1. The number of fused-ring (bicyclic) bond motifs is 1. The number of hydrogen-bond donors (Lipinski definition) is 0. The smallest absolute Gasteiger partial charge is 0.410 e. The van der Waals surface area contributed by atoms with Gasteiger partial charge < -0.3 is 14.2 Å². The first kappa shape index (κ1) is 20.3. The lowest BCUT2D eigenvalue weighted by atomic mass is 9.99. The molecule has 3 heterocycles. The van der Waals surface area contributed by atoms with Gasteiger partial charge in [0.05, 0.1) is 23.9 Å². The predicted molar refractivity (Wildman–Crippen MR) is 109 cm³/mol. The number of benzene rings is 1. The van der Waals surface area contributed by atoms with Crippen molar-refractivity contribution in [1.82, 2.24) is 19.0 Å². The minimum Gasteiger partial charge on any atom is -0.447 e. The number of carbonyl (C=O) groups excluding carboxylic acids is 2. The first-order valence-corrected chi connectivity index (χ1v) is 9.80. The van der Waals surface area contributed by atoms with Gasteiger partial charge in [-0.1, -0.05) is 12.1 Å². The maximum Gasteiger partial charge on any atom is 0.410 e. The molecule has 0 bridgehead atoms. The molecule has 1 aromatic carbocycles. The Morgan fingerprint density at radius 3 is 2.74 bits per heavy atom. The van der Waals surface area contributed by atoms with Crippen LogP contribution < -0.4 is 0 Å². The number of nitrogens with zero attached hydrogens (tertiary/aromatic N) is 5. The van der Waals surface area contributed by atoms with Gasteiger partial charge in [-0.2, -0.15) is 5.26 Å². The van der Waals surface area contributed by atoms with Gasteiger partial charge in [-0.3, -0.25) is 9.36 Å². The highest BCUT2D eigenvalue weighted by Gasteiger charge is 2.34. The van der Waals surface area contributed by atoms with Crippen molar-refractivity contribution in [2.75, 3.05) is 6.54 Å². The summed E-state index contributed by atoms with van der Waals surface area (Å²) in [6.07, 6.45) is 3.56. The summed E-state index contributed by atoms with van der Waals surface area (Å²) < 4.78 is 22.3. The fourth-order valence-corrected chi connectivity index (χ4v) is 3.77. The number of carbonyl (C=O) groups is 2. The van der Waals surface area contributed by atoms with Crippen molar-refractivity contribution in [2.24, 2.45) is 0 Å². The number of hydrogen-bond acceptors (Lipinski definition) is 5. The van der Waals surface area contributed by atoms with Gasteiger partial charge in [0.1, 0.15) is 23.9 Å². The summed E-state index contributed by atoms with van der Waals surface area (Å²) in [6, 6.07) is 7.94. The number of amides is 1. The van der Waals surface area contributed by atoms with Crippen molar-refractivity contribution in [1.29, 1.82) is 5.26 Å². The zero-order valence-corrected chi connectivity index (χ0v) is 17.1. The standard InChI is InChI=1S/C22H20FN5O3/c1-14(2)31-22(30)26-8-9-28-17(11-24)19(15-4-3-5-16(23)10-15)20(18(28)12-26)21(29)27-7-6-25-13-27/h3-7,10,13-14H,8-9,12H2,1-2H3. The Morgan fingerprint density at radius 2 is 2.10 bits per heavy atom. The molecular weight excluding hydrogens is 401 g/mol. The van der Waals surface area contributed by atoms with Gasteiger partial charge >= 0.3 is 6.09 Å². The van der Waals surface area contributed by atoms with E-state index in [4.69, 9.17) is 4.74 Å². The number of halogens is 1. The Kier molecular flexibility index (Phi) is 5.29. The molecule has 8 nitrogen and oxygen atoms in total. The summed E-state index contributed by atoms with van der Waals surface area (Å²) in [6.45, 7) is 4.24. The van der Waals surface area contributed by atoms with E-state index in [0.717, 1.165) is 0 Å². The minimum atomic E-state index is -0.491. The van der Waals surface area contributed by atoms with Crippen LogP contribution in [0.5, 0.6) is 0 Å². The first-order chi connectivity index (χ1) is 14.9. The largest absolute Gasteiger partial charge is 0.447 e. The molecule has 4 rings (SSSR count). The summed E-state index contributed by atoms with van der Waals surface area (Å²) in [5.74, 6) is -0.894. The topological polar surface area (TPSA) is 93.1 Å². The van der Waals surface area contributed by atoms with E-state index < -0.39 is 17.8 Å². The van der Waals surface area contributed by atoms with Crippen molar-refractivity contribution in [2.45, 2.75) is 33.0 Å². The van der Waals surface area contributed by atoms with Gasteiger partial charge in [0, 0.05) is 31.0 Å². The second kappa shape index (κ2) is 8.07. The van der Waals surface area contributed by atoms with Crippen LogP contribution in [0.15, 0.2) is 43.0 Å². The van der Waals surface area contributed by atoms with Gasteiger partial charge in [-0.15, -0.1) is 0 Å². The van der Waals surface area contributed by atoms with E-state index in [9.17, 15) is 19.2 Å². The molecule has 0 radical (unpaired) electrons. The third-order valence-electron chi connectivity index (χ3n) is 5.07. The molecule has 0 spiro atoms. The second-order valence-electron chi connectivity index (χ2n) is 7.45. The van der Waals surface area contributed by atoms with Crippen molar-refractivity contribution >= 4 is 12.0 Å². The molecule has 9 heteroatoms. The number of nitriles is 1. The molecule has 0 N–H and O–H groups in total. The summed E-state index contributed by atoms with van der Waals surface area (Å²) in [7, 11) is 0. The summed E-state index contributed by atoms with van der Waals surface area (Å²) in [5, 5.41) is 9.92. The molecule has 0 saturated carbocycles. The maximum absolute atomic E-state index is 14.0. The molecule has 0 atom stereocenters. The van der Waals surface area contributed by atoms with Crippen LogP contribution in [0, 0.1) is 17.1 Å². The quantitative estimate of drug-likeness (QED) is 0.646. The molecule has 158 valence electrons. The zero-order chi connectivity index (χ0) is 22.1.